The molecule has 1 unspecified atom stereocenters. The van der Waals surface area contributed by atoms with Gasteiger partial charge in [-0.2, -0.15) is 0 Å². The fourth-order valence-corrected chi connectivity index (χ4v) is 9.82. The fourth-order valence-electron chi connectivity index (χ4n) is 9.82. The number of fused-ring (bicyclic) bond motifs is 1. The number of imide groups is 2. The summed E-state index contributed by atoms with van der Waals surface area (Å²) in [4.78, 5) is 95.2. The van der Waals surface area contributed by atoms with Crippen LogP contribution in [0.15, 0.2) is 67.1 Å². The molecule has 2 N–H and O–H groups in total. The summed E-state index contributed by atoms with van der Waals surface area (Å²) in [6.45, 7) is 9.54. The highest BCUT2D eigenvalue weighted by molar-refractivity contribution is 6.24. The second kappa shape index (κ2) is 21.8. The number of piperazine rings is 1. The average molecular weight is 888 g/mol. The van der Waals surface area contributed by atoms with Crippen LogP contribution in [0.25, 0.3) is 6.08 Å². The lowest BCUT2D eigenvalue weighted by molar-refractivity contribution is -0.136. The van der Waals surface area contributed by atoms with Crippen molar-refractivity contribution >= 4 is 47.3 Å². The number of pyridine rings is 2. The first-order valence-corrected chi connectivity index (χ1v) is 23.5. The summed E-state index contributed by atoms with van der Waals surface area (Å²) in [6.07, 6.45) is 17.7. The van der Waals surface area contributed by atoms with Gasteiger partial charge in [-0.25, -0.2) is 4.98 Å². The van der Waals surface area contributed by atoms with Crippen molar-refractivity contribution in [2.45, 2.75) is 82.7 Å². The molecule has 65 heavy (non-hydrogen) atoms. The van der Waals surface area contributed by atoms with Crippen molar-refractivity contribution in [3.05, 3.63) is 89.4 Å². The molecule has 2 aromatic heterocycles. The first-order valence-electron chi connectivity index (χ1n) is 23.5. The minimum Gasteiger partial charge on any atom is -0.493 e. The van der Waals surface area contributed by atoms with Gasteiger partial charge in [-0.1, -0.05) is 25.0 Å². The van der Waals surface area contributed by atoms with Crippen molar-refractivity contribution in [3.63, 3.8) is 0 Å². The molecule has 0 saturated carbocycles. The van der Waals surface area contributed by atoms with Crippen molar-refractivity contribution in [3.8, 4) is 5.75 Å². The highest BCUT2D eigenvalue weighted by atomic mass is 16.5. The van der Waals surface area contributed by atoms with E-state index in [-0.39, 0.29) is 35.8 Å². The Labute approximate surface area is 380 Å². The van der Waals surface area contributed by atoms with E-state index in [0.29, 0.717) is 36.4 Å². The molecule has 0 radical (unpaired) electrons. The number of aromatic nitrogens is 2. The molecule has 0 aliphatic carbocycles. The number of anilines is 1. The molecule has 3 aromatic rings. The molecule has 16 nitrogen and oxygen atoms in total. The Bertz CT molecular complexity index is 2200. The van der Waals surface area contributed by atoms with Gasteiger partial charge in [0.2, 0.25) is 17.7 Å². The molecule has 1 aromatic carbocycles. The van der Waals surface area contributed by atoms with Crippen LogP contribution in [0.2, 0.25) is 0 Å². The van der Waals surface area contributed by atoms with Gasteiger partial charge < -0.3 is 24.8 Å². The van der Waals surface area contributed by atoms with Gasteiger partial charge in [0.1, 0.15) is 17.6 Å². The number of nitrogens with one attached hydrogen (secondary N) is 2. The van der Waals surface area contributed by atoms with Crippen LogP contribution in [0.4, 0.5) is 5.82 Å². The Morgan fingerprint density at radius 2 is 1.63 bits per heavy atom. The van der Waals surface area contributed by atoms with Gasteiger partial charge in [0.05, 0.1) is 23.3 Å². The molecule has 5 aliphatic heterocycles. The normalized spacial score (nSPS) is 20.4. The summed E-state index contributed by atoms with van der Waals surface area (Å²) in [5, 5.41) is 5.19. The zero-order chi connectivity index (χ0) is 45.1. The third-order valence-corrected chi connectivity index (χ3v) is 13.6. The number of ether oxygens (including phenoxy) is 1. The minimum absolute atomic E-state index is 0.0591. The van der Waals surface area contributed by atoms with Crippen LogP contribution in [0.3, 0.4) is 0 Å². The molecule has 4 saturated heterocycles. The van der Waals surface area contributed by atoms with Crippen LogP contribution in [0, 0.1) is 5.92 Å². The van der Waals surface area contributed by atoms with E-state index >= 15 is 0 Å². The number of unbranched alkanes of at least 4 members (excludes halogenated alkanes) is 2. The maximum absolute atomic E-state index is 13.4. The van der Waals surface area contributed by atoms with E-state index in [1.807, 2.05) is 29.2 Å². The van der Waals surface area contributed by atoms with Gasteiger partial charge in [0.25, 0.3) is 17.7 Å². The molecular formula is C49H61N9O7. The quantitative estimate of drug-likeness (QED) is 0.113. The Hall–Kier alpha value is -6.00. The number of piperidine rings is 3. The van der Waals surface area contributed by atoms with Crippen molar-refractivity contribution in [2.75, 3.05) is 77.0 Å². The molecular weight excluding hydrogens is 827 g/mol. The molecule has 4 fully saturated rings. The lowest BCUT2D eigenvalue weighted by Gasteiger charge is -2.43. The first-order chi connectivity index (χ1) is 31.7. The van der Waals surface area contributed by atoms with E-state index in [1.54, 1.807) is 48.9 Å². The average Bonchev–Trinajstić information content (AvgIpc) is 3.59. The van der Waals surface area contributed by atoms with E-state index in [4.69, 9.17) is 9.72 Å². The number of carbonyl (C=O) groups excluding carboxylic acids is 6. The van der Waals surface area contributed by atoms with E-state index in [2.05, 4.69) is 30.3 Å². The SMILES string of the molecule is O=C(/C=C/c1cccnc1)NCCCCC1CCN(C(=O)c2ccc(N3CCC(N4CCN(CCCCOc5cccc6c5C(=O)N(C5CCC(=O)NC5=O)C6=O)CC4)CC3)nc2)CC1. The highest BCUT2D eigenvalue weighted by Gasteiger charge is 2.46. The summed E-state index contributed by atoms with van der Waals surface area (Å²) in [5.41, 5.74) is 1.95. The number of benzene rings is 1. The van der Waals surface area contributed by atoms with Crippen molar-refractivity contribution in [2.24, 2.45) is 5.92 Å². The van der Waals surface area contributed by atoms with Crippen molar-refractivity contribution in [1.82, 2.24) is 40.2 Å². The van der Waals surface area contributed by atoms with Gasteiger partial charge in [-0.3, -0.25) is 48.9 Å². The number of likely N-dealkylation sites (tertiary alicyclic amines) is 1. The predicted octanol–water partition coefficient (Wildman–Crippen LogP) is 4.18. The highest BCUT2D eigenvalue weighted by Crippen LogP contribution is 2.34. The Morgan fingerprint density at radius 3 is 2.37 bits per heavy atom. The lowest BCUT2D eigenvalue weighted by Crippen LogP contribution is -2.54. The summed E-state index contributed by atoms with van der Waals surface area (Å²) < 4.78 is 6.03. The lowest BCUT2D eigenvalue weighted by atomic mass is 9.91. The molecule has 6 amide bonds. The second-order valence-electron chi connectivity index (χ2n) is 17.8. The zero-order valence-electron chi connectivity index (χ0n) is 37.2. The molecule has 5 aliphatic rings. The van der Waals surface area contributed by atoms with Crippen LogP contribution >= 0.6 is 0 Å². The molecule has 16 heteroatoms. The maximum atomic E-state index is 13.4. The molecule has 8 rings (SSSR count). The standard InChI is InChI=1S/C49H61N9O7/c59-43(15-11-36-8-6-21-50-33-36)51-22-2-1-7-35-17-24-57(25-18-35)47(62)37-12-14-42(52-34-37)56-26-19-38(20-27-56)55-30-28-54(29-31-55)23-3-4-32-65-41-10-5-9-39-45(41)49(64)58(48(39)63)40-13-16-44(60)53-46(40)61/h5-6,8-12,14-15,21,33-35,38,40H,1-4,7,13,16-20,22-32H2,(H,51,59)(H,53,60,61)/b15-11+. The monoisotopic (exact) mass is 887 g/mol. The summed E-state index contributed by atoms with van der Waals surface area (Å²) in [6, 6.07) is 12.2. The smallest absolute Gasteiger partial charge is 0.266 e. The third-order valence-electron chi connectivity index (χ3n) is 13.6. The van der Waals surface area contributed by atoms with Gasteiger partial charge >= 0.3 is 0 Å². The summed E-state index contributed by atoms with van der Waals surface area (Å²) in [7, 11) is 0. The van der Waals surface area contributed by atoms with Crippen LogP contribution in [0.1, 0.15) is 107 Å². The fraction of sp³-hybridized carbons (Fsp3) is 0.510. The van der Waals surface area contributed by atoms with Gasteiger partial charge in [0, 0.05) is 96.0 Å². The molecule has 7 heterocycles. The second-order valence-corrected chi connectivity index (χ2v) is 17.8. The van der Waals surface area contributed by atoms with E-state index in [1.165, 1.54) is 0 Å². The zero-order valence-corrected chi connectivity index (χ0v) is 37.2. The number of carbonyl (C=O) groups is 6. The van der Waals surface area contributed by atoms with Crippen LogP contribution in [0.5, 0.6) is 5.75 Å². The van der Waals surface area contributed by atoms with Crippen LogP contribution in [-0.2, 0) is 14.4 Å². The van der Waals surface area contributed by atoms with Gasteiger partial charge in [-0.05, 0) is 106 Å². The number of nitrogens with zero attached hydrogens (tertiary/aromatic N) is 7. The van der Waals surface area contributed by atoms with E-state index in [0.717, 1.165) is 133 Å². The molecule has 1 atom stereocenters. The predicted molar refractivity (Wildman–Crippen MR) is 244 cm³/mol. The van der Waals surface area contributed by atoms with Gasteiger partial charge in [0.15, 0.2) is 0 Å². The minimum atomic E-state index is -1.01. The number of rotatable bonds is 17. The van der Waals surface area contributed by atoms with Crippen LogP contribution in [-0.4, -0.2) is 149 Å². The van der Waals surface area contributed by atoms with Crippen LogP contribution < -0.4 is 20.3 Å². The molecule has 0 bridgehead atoms. The number of hydrogen-bond donors (Lipinski definition) is 2. The number of amides is 6. The largest absolute Gasteiger partial charge is 0.493 e. The topological polar surface area (TPSA) is 178 Å². The van der Waals surface area contributed by atoms with Gasteiger partial charge in [-0.15, -0.1) is 0 Å². The first kappa shape index (κ1) is 45.6. The Balaban J connectivity index is 0.676. The maximum Gasteiger partial charge on any atom is 0.266 e. The van der Waals surface area contributed by atoms with E-state index < -0.39 is 29.7 Å². The number of hydrogen-bond acceptors (Lipinski definition) is 12. The van der Waals surface area contributed by atoms with E-state index in [9.17, 15) is 28.8 Å². The Kier molecular flexibility index (Phi) is 15.3. The summed E-state index contributed by atoms with van der Waals surface area (Å²) in [5.74, 6) is -0.286. The van der Waals surface area contributed by atoms with Crippen molar-refractivity contribution < 1.29 is 33.5 Å². The van der Waals surface area contributed by atoms with Crippen molar-refractivity contribution in [1.29, 1.82) is 0 Å². The molecule has 344 valence electrons. The third kappa shape index (κ3) is 11.5. The Morgan fingerprint density at radius 1 is 0.815 bits per heavy atom. The summed E-state index contributed by atoms with van der Waals surface area (Å²) >= 11 is 0. The molecule has 0 spiro atoms.